The molecule has 1 aromatic rings. The van der Waals surface area contributed by atoms with Crippen LogP contribution < -0.4 is 10.6 Å². The zero-order valence-electron chi connectivity index (χ0n) is 14.6. The Balaban J connectivity index is 2.74. The van der Waals surface area contributed by atoms with Gasteiger partial charge in [0.25, 0.3) is 0 Å². The molecule has 6 heteroatoms. The van der Waals surface area contributed by atoms with E-state index in [1.165, 1.54) is 5.56 Å². The van der Waals surface area contributed by atoms with E-state index in [1.807, 2.05) is 57.8 Å². The number of nitrogens with zero attached hydrogens (tertiary/aromatic N) is 2. The van der Waals surface area contributed by atoms with Crippen LogP contribution in [0.15, 0.2) is 33.7 Å². The van der Waals surface area contributed by atoms with Gasteiger partial charge >= 0.3 is 0 Å². The first kappa shape index (κ1) is 19.5. The van der Waals surface area contributed by atoms with E-state index in [0.717, 1.165) is 11.0 Å². The maximum absolute atomic E-state index is 11.9. The summed E-state index contributed by atoms with van der Waals surface area (Å²) in [4.78, 5) is 18.4. The molecule has 0 aliphatic carbocycles. The van der Waals surface area contributed by atoms with Gasteiger partial charge in [0.05, 0.1) is 0 Å². The second-order valence-corrected chi connectivity index (χ2v) is 7.27. The van der Waals surface area contributed by atoms with Crippen LogP contribution in [0, 0.1) is 0 Å². The molecule has 0 saturated heterocycles. The first-order valence-electron chi connectivity index (χ1n) is 7.77. The van der Waals surface area contributed by atoms with Crippen LogP contribution >= 0.6 is 15.9 Å². The summed E-state index contributed by atoms with van der Waals surface area (Å²) in [5.74, 6) is 0.634. The van der Waals surface area contributed by atoms with E-state index in [4.69, 9.17) is 0 Å². The van der Waals surface area contributed by atoms with E-state index in [1.54, 1.807) is 0 Å². The van der Waals surface area contributed by atoms with Crippen LogP contribution in [0.2, 0.25) is 0 Å². The van der Waals surface area contributed by atoms with Gasteiger partial charge in [-0.15, -0.1) is 0 Å². The SMILES string of the molecule is CCNC(=NCC(=O)NC(C)(C)C)N(C)Cc1ccccc1Br. The van der Waals surface area contributed by atoms with Crippen molar-refractivity contribution in [3.63, 3.8) is 0 Å². The highest BCUT2D eigenvalue weighted by molar-refractivity contribution is 9.10. The normalized spacial score (nSPS) is 12.0. The Morgan fingerprint density at radius 1 is 1.30 bits per heavy atom. The highest BCUT2D eigenvalue weighted by atomic mass is 79.9. The quantitative estimate of drug-likeness (QED) is 0.607. The van der Waals surface area contributed by atoms with Crippen molar-refractivity contribution in [1.82, 2.24) is 15.5 Å². The van der Waals surface area contributed by atoms with Gasteiger partial charge in [-0.25, -0.2) is 4.99 Å². The van der Waals surface area contributed by atoms with Crippen LogP contribution in [0.1, 0.15) is 33.3 Å². The van der Waals surface area contributed by atoms with E-state index in [-0.39, 0.29) is 18.0 Å². The Kier molecular flexibility index (Phi) is 7.55. The Bertz CT molecular complexity index is 552. The second-order valence-electron chi connectivity index (χ2n) is 6.42. The van der Waals surface area contributed by atoms with Gasteiger partial charge in [-0.05, 0) is 39.3 Å². The maximum atomic E-state index is 11.9. The number of benzene rings is 1. The lowest BCUT2D eigenvalue weighted by molar-refractivity contribution is -0.121. The van der Waals surface area contributed by atoms with E-state index < -0.39 is 0 Å². The zero-order valence-corrected chi connectivity index (χ0v) is 16.2. The molecule has 0 heterocycles. The van der Waals surface area contributed by atoms with Crippen molar-refractivity contribution in [3.8, 4) is 0 Å². The number of rotatable bonds is 5. The summed E-state index contributed by atoms with van der Waals surface area (Å²) >= 11 is 3.56. The summed E-state index contributed by atoms with van der Waals surface area (Å²) < 4.78 is 1.06. The van der Waals surface area contributed by atoms with Crippen LogP contribution in [0.3, 0.4) is 0 Å². The first-order chi connectivity index (χ1) is 10.7. The summed E-state index contributed by atoms with van der Waals surface area (Å²) in [6.45, 7) is 9.45. The molecule has 1 rings (SSSR count). The third kappa shape index (κ3) is 7.50. The molecule has 128 valence electrons. The van der Waals surface area contributed by atoms with Gasteiger partial charge in [-0.3, -0.25) is 4.79 Å². The van der Waals surface area contributed by atoms with Gasteiger partial charge < -0.3 is 15.5 Å². The van der Waals surface area contributed by atoms with Gasteiger partial charge in [-0.1, -0.05) is 34.1 Å². The Hall–Kier alpha value is -1.56. The third-order valence-corrected chi connectivity index (χ3v) is 3.72. The van der Waals surface area contributed by atoms with Crippen LogP contribution in [0.4, 0.5) is 0 Å². The molecule has 0 spiro atoms. The van der Waals surface area contributed by atoms with Crippen LogP contribution in [0.25, 0.3) is 0 Å². The molecule has 5 nitrogen and oxygen atoms in total. The van der Waals surface area contributed by atoms with Crippen molar-refractivity contribution in [2.45, 2.75) is 39.8 Å². The van der Waals surface area contributed by atoms with Crippen LogP contribution in [-0.2, 0) is 11.3 Å². The molecule has 0 fully saturated rings. The second kappa shape index (κ2) is 8.91. The molecular weight excluding hydrogens is 356 g/mol. The molecular formula is C17H27BrN4O. The monoisotopic (exact) mass is 382 g/mol. The fourth-order valence-electron chi connectivity index (χ4n) is 2.03. The fraction of sp³-hybridized carbons (Fsp3) is 0.529. The minimum Gasteiger partial charge on any atom is -0.357 e. The average molecular weight is 383 g/mol. The lowest BCUT2D eigenvalue weighted by Gasteiger charge is -2.23. The predicted octanol–water partition coefficient (Wildman–Crippen LogP) is 2.76. The fourth-order valence-corrected chi connectivity index (χ4v) is 2.44. The summed E-state index contributed by atoms with van der Waals surface area (Å²) in [5.41, 5.74) is 0.922. The van der Waals surface area contributed by atoms with E-state index in [9.17, 15) is 4.79 Å². The van der Waals surface area contributed by atoms with Gasteiger partial charge in [-0.2, -0.15) is 0 Å². The number of halogens is 1. The van der Waals surface area contributed by atoms with Gasteiger partial charge in [0.2, 0.25) is 5.91 Å². The standard InChI is InChI=1S/C17H27BrN4O/c1-6-19-16(20-11-15(23)21-17(2,3)4)22(5)12-13-9-7-8-10-14(13)18/h7-10H,6,11-12H2,1-5H3,(H,19,20)(H,21,23). The summed E-state index contributed by atoms with van der Waals surface area (Å²) in [6, 6.07) is 8.08. The number of hydrogen-bond donors (Lipinski definition) is 2. The lowest BCUT2D eigenvalue weighted by atomic mass is 10.1. The van der Waals surface area contributed by atoms with E-state index in [2.05, 4.69) is 37.6 Å². The van der Waals surface area contributed by atoms with Gasteiger partial charge in [0.1, 0.15) is 6.54 Å². The molecule has 2 N–H and O–H groups in total. The number of nitrogens with one attached hydrogen (secondary N) is 2. The maximum Gasteiger partial charge on any atom is 0.242 e. The molecule has 1 aromatic carbocycles. The molecule has 0 aliphatic heterocycles. The Labute approximate surface area is 147 Å². The smallest absolute Gasteiger partial charge is 0.242 e. The topological polar surface area (TPSA) is 56.7 Å². The summed E-state index contributed by atoms with van der Waals surface area (Å²) in [7, 11) is 1.96. The number of carbonyl (C=O) groups excluding carboxylic acids is 1. The molecule has 23 heavy (non-hydrogen) atoms. The Morgan fingerprint density at radius 2 is 1.96 bits per heavy atom. The number of amides is 1. The number of aliphatic imine (C=N–C) groups is 1. The molecule has 0 unspecified atom stereocenters. The zero-order chi connectivity index (χ0) is 17.5. The molecule has 0 aromatic heterocycles. The average Bonchev–Trinajstić information content (AvgIpc) is 2.44. The van der Waals surface area contributed by atoms with Crippen molar-refractivity contribution in [2.24, 2.45) is 4.99 Å². The highest BCUT2D eigenvalue weighted by Gasteiger charge is 2.14. The van der Waals surface area contributed by atoms with E-state index >= 15 is 0 Å². The predicted molar refractivity (Wildman–Crippen MR) is 99.5 cm³/mol. The summed E-state index contributed by atoms with van der Waals surface area (Å²) in [6.07, 6.45) is 0. The Morgan fingerprint density at radius 3 is 2.52 bits per heavy atom. The van der Waals surface area contributed by atoms with E-state index in [0.29, 0.717) is 12.5 Å². The number of guanidine groups is 1. The molecule has 0 saturated carbocycles. The molecule has 0 radical (unpaired) electrons. The van der Waals surface area contributed by atoms with Crippen molar-refractivity contribution in [3.05, 3.63) is 34.3 Å². The molecule has 0 aliphatic rings. The minimum absolute atomic E-state index is 0.0813. The van der Waals surface area contributed by atoms with Crippen molar-refractivity contribution < 1.29 is 4.79 Å². The van der Waals surface area contributed by atoms with Crippen molar-refractivity contribution in [1.29, 1.82) is 0 Å². The molecule has 0 atom stereocenters. The largest absolute Gasteiger partial charge is 0.357 e. The van der Waals surface area contributed by atoms with Gasteiger partial charge in [0.15, 0.2) is 5.96 Å². The first-order valence-corrected chi connectivity index (χ1v) is 8.56. The number of carbonyl (C=O) groups is 1. The van der Waals surface area contributed by atoms with Crippen molar-refractivity contribution >= 4 is 27.8 Å². The molecule has 1 amide bonds. The van der Waals surface area contributed by atoms with Gasteiger partial charge in [0, 0.05) is 30.1 Å². The van der Waals surface area contributed by atoms with Crippen LogP contribution in [0.5, 0.6) is 0 Å². The van der Waals surface area contributed by atoms with Crippen molar-refractivity contribution in [2.75, 3.05) is 20.1 Å². The molecule has 0 bridgehead atoms. The lowest BCUT2D eigenvalue weighted by Crippen LogP contribution is -2.43. The number of hydrogen-bond acceptors (Lipinski definition) is 2. The highest BCUT2D eigenvalue weighted by Crippen LogP contribution is 2.17. The van der Waals surface area contributed by atoms with Crippen LogP contribution in [-0.4, -0.2) is 42.4 Å². The third-order valence-electron chi connectivity index (χ3n) is 2.95. The minimum atomic E-state index is -0.244. The summed E-state index contributed by atoms with van der Waals surface area (Å²) in [5, 5.41) is 6.14.